The first-order valence-corrected chi connectivity index (χ1v) is 12.0. The molecule has 0 unspecified atom stereocenters. The topological polar surface area (TPSA) is 87.5 Å². The molecule has 0 radical (unpaired) electrons. The Bertz CT molecular complexity index is 1280. The van der Waals surface area contributed by atoms with Crippen LogP contribution in [-0.4, -0.2) is 28.8 Å². The molecule has 1 fully saturated rings. The molecule has 2 N–H and O–H groups in total. The molecule has 0 atom stereocenters. The van der Waals surface area contributed by atoms with Crippen molar-refractivity contribution in [1.29, 1.82) is 0 Å². The van der Waals surface area contributed by atoms with E-state index in [4.69, 9.17) is 0 Å². The fourth-order valence-electron chi connectivity index (χ4n) is 4.72. The van der Waals surface area contributed by atoms with E-state index in [1.807, 2.05) is 42.5 Å². The molecule has 3 aromatic carbocycles. The monoisotopic (exact) mass is 468 g/mol. The van der Waals surface area contributed by atoms with Crippen LogP contribution in [0.1, 0.15) is 36.5 Å². The fraction of sp³-hybridized carbons (Fsp3) is 0.250. The van der Waals surface area contributed by atoms with E-state index in [0.717, 1.165) is 36.8 Å². The molecule has 0 bridgehead atoms. The molecule has 2 aliphatic rings. The lowest BCUT2D eigenvalue weighted by Crippen LogP contribution is -2.32. The summed E-state index contributed by atoms with van der Waals surface area (Å²) in [7, 11) is 0. The van der Waals surface area contributed by atoms with Gasteiger partial charge in [-0.15, -0.1) is 0 Å². The van der Waals surface area contributed by atoms with Gasteiger partial charge in [0, 0.05) is 35.6 Å². The van der Waals surface area contributed by atoms with E-state index in [1.54, 1.807) is 6.07 Å². The Kier molecular flexibility index (Phi) is 6.33. The Morgan fingerprint density at radius 2 is 1.77 bits per heavy atom. The zero-order chi connectivity index (χ0) is 24.4. The quantitative estimate of drug-likeness (QED) is 0.273. The normalized spacial score (nSPS) is 17.6. The standard InChI is InChI=1S/C28H28N4O3/c1-19-13-15-31(16-14-19)18-20-7-9-22(10-8-20)29-27(21-5-3-2-4-6-21)26-24-17-23(32(34)35)11-12-25(24)30-28(26)33/h2-12,17,19,29H,13-16,18H2,1H3,(H,30,33). The van der Waals surface area contributed by atoms with Gasteiger partial charge in [0.05, 0.1) is 16.2 Å². The van der Waals surface area contributed by atoms with Crippen LogP contribution >= 0.6 is 0 Å². The van der Waals surface area contributed by atoms with Crippen LogP contribution < -0.4 is 10.6 Å². The number of benzene rings is 3. The fourth-order valence-corrected chi connectivity index (χ4v) is 4.72. The van der Waals surface area contributed by atoms with Crippen molar-refractivity contribution in [3.05, 3.63) is 99.6 Å². The van der Waals surface area contributed by atoms with Crippen LogP contribution in [-0.2, 0) is 11.3 Å². The van der Waals surface area contributed by atoms with E-state index in [-0.39, 0.29) is 11.6 Å². The third-order valence-electron chi connectivity index (χ3n) is 6.78. The number of nitrogens with one attached hydrogen (secondary N) is 2. The van der Waals surface area contributed by atoms with Crippen molar-refractivity contribution < 1.29 is 9.72 Å². The molecule has 35 heavy (non-hydrogen) atoms. The number of amides is 1. The molecule has 1 amide bonds. The van der Waals surface area contributed by atoms with E-state index in [0.29, 0.717) is 22.5 Å². The summed E-state index contributed by atoms with van der Waals surface area (Å²) in [6, 6.07) is 22.3. The second kappa shape index (κ2) is 9.72. The number of anilines is 2. The molecule has 2 aliphatic heterocycles. The number of carbonyl (C=O) groups excluding carboxylic acids is 1. The minimum atomic E-state index is -0.446. The van der Waals surface area contributed by atoms with Crippen molar-refractivity contribution in [3.63, 3.8) is 0 Å². The lowest BCUT2D eigenvalue weighted by atomic mass is 9.98. The first-order chi connectivity index (χ1) is 17.0. The summed E-state index contributed by atoms with van der Waals surface area (Å²) in [5, 5.41) is 17.6. The number of nitro groups is 1. The third-order valence-corrected chi connectivity index (χ3v) is 6.78. The Balaban J connectivity index is 1.47. The molecular weight excluding hydrogens is 440 g/mol. The molecule has 7 nitrogen and oxygen atoms in total. The van der Waals surface area contributed by atoms with Crippen molar-refractivity contribution in [2.24, 2.45) is 5.92 Å². The molecule has 0 aliphatic carbocycles. The summed E-state index contributed by atoms with van der Waals surface area (Å²) < 4.78 is 0. The summed E-state index contributed by atoms with van der Waals surface area (Å²) in [6.45, 7) is 5.51. The Hall–Kier alpha value is -3.97. The number of fused-ring (bicyclic) bond motifs is 1. The number of likely N-dealkylation sites (tertiary alicyclic amines) is 1. The largest absolute Gasteiger partial charge is 0.354 e. The second-order valence-electron chi connectivity index (χ2n) is 9.34. The molecule has 0 spiro atoms. The number of carbonyl (C=O) groups is 1. The second-order valence-corrected chi connectivity index (χ2v) is 9.34. The van der Waals surface area contributed by atoms with Gasteiger partial charge in [-0.2, -0.15) is 0 Å². The van der Waals surface area contributed by atoms with Crippen molar-refractivity contribution in [2.45, 2.75) is 26.3 Å². The third kappa shape index (κ3) is 4.95. The van der Waals surface area contributed by atoms with Crippen LogP contribution in [0.5, 0.6) is 0 Å². The minimum Gasteiger partial charge on any atom is -0.354 e. The van der Waals surface area contributed by atoms with E-state index in [9.17, 15) is 14.9 Å². The molecule has 3 aromatic rings. The number of rotatable bonds is 6. The summed E-state index contributed by atoms with van der Waals surface area (Å²) >= 11 is 0. The maximum atomic E-state index is 13.0. The van der Waals surface area contributed by atoms with E-state index < -0.39 is 4.92 Å². The Morgan fingerprint density at radius 3 is 2.46 bits per heavy atom. The van der Waals surface area contributed by atoms with Gasteiger partial charge in [-0.25, -0.2) is 0 Å². The highest BCUT2D eigenvalue weighted by atomic mass is 16.6. The smallest absolute Gasteiger partial charge is 0.270 e. The average molecular weight is 469 g/mol. The van der Waals surface area contributed by atoms with Crippen LogP contribution in [0.3, 0.4) is 0 Å². The number of piperidine rings is 1. The van der Waals surface area contributed by atoms with Gasteiger partial charge < -0.3 is 10.6 Å². The van der Waals surface area contributed by atoms with Gasteiger partial charge >= 0.3 is 0 Å². The van der Waals surface area contributed by atoms with Crippen molar-refractivity contribution in [3.8, 4) is 0 Å². The summed E-state index contributed by atoms with van der Waals surface area (Å²) in [6.07, 6.45) is 2.49. The highest BCUT2D eigenvalue weighted by Gasteiger charge is 2.30. The highest BCUT2D eigenvalue weighted by molar-refractivity contribution is 6.37. The zero-order valence-corrected chi connectivity index (χ0v) is 19.7. The molecule has 178 valence electrons. The lowest BCUT2D eigenvalue weighted by molar-refractivity contribution is -0.384. The van der Waals surface area contributed by atoms with Crippen LogP contribution in [0.4, 0.5) is 17.1 Å². The maximum absolute atomic E-state index is 13.0. The van der Waals surface area contributed by atoms with Crippen LogP contribution in [0.2, 0.25) is 0 Å². The number of hydrogen-bond donors (Lipinski definition) is 2. The molecule has 7 heteroatoms. The van der Waals surface area contributed by atoms with E-state index in [1.165, 1.54) is 30.5 Å². The highest BCUT2D eigenvalue weighted by Crippen LogP contribution is 2.39. The van der Waals surface area contributed by atoms with Crippen LogP contribution in [0, 0.1) is 16.0 Å². The van der Waals surface area contributed by atoms with E-state index in [2.05, 4.69) is 34.6 Å². The summed E-state index contributed by atoms with van der Waals surface area (Å²) in [4.78, 5) is 26.5. The maximum Gasteiger partial charge on any atom is 0.270 e. The van der Waals surface area contributed by atoms with Crippen LogP contribution in [0.25, 0.3) is 11.3 Å². The Morgan fingerprint density at radius 1 is 1.06 bits per heavy atom. The van der Waals surface area contributed by atoms with Gasteiger partial charge in [-0.05, 0) is 61.2 Å². The van der Waals surface area contributed by atoms with Gasteiger partial charge in [0.1, 0.15) is 0 Å². The number of nitrogens with zero attached hydrogens (tertiary/aromatic N) is 2. The molecule has 0 aromatic heterocycles. The first kappa shape index (κ1) is 22.8. The number of non-ortho nitro benzene ring substituents is 1. The van der Waals surface area contributed by atoms with Crippen LogP contribution in [0.15, 0.2) is 72.8 Å². The number of hydrogen-bond acceptors (Lipinski definition) is 5. The van der Waals surface area contributed by atoms with E-state index >= 15 is 0 Å². The van der Waals surface area contributed by atoms with Crippen molar-refractivity contribution in [1.82, 2.24) is 4.90 Å². The molecule has 0 saturated carbocycles. The first-order valence-electron chi connectivity index (χ1n) is 12.0. The Labute approximate surface area is 204 Å². The van der Waals surface area contributed by atoms with Gasteiger partial charge in [-0.3, -0.25) is 19.8 Å². The lowest BCUT2D eigenvalue weighted by Gasteiger charge is -2.30. The van der Waals surface area contributed by atoms with Crippen molar-refractivity contribution in [2.75, 3.05) is 23.7 Å². The number of nitro benzene ring substituents is 1. The predicted molar refractivity (Wildman–Crippen MR) is 139 cm³/mol. The zero-order valence-electron chi connectivity index (χ0n) is 19.7. The molecular formula is C28H28N4O3. The van der Waals surface area contributed by atoms with Crippen molar-refractivity contribution >= 4 is 34.2 Å². The minimum absolute atomic E-state index is 0.0541. The molecule has 2 heterocycles. The summed E-state index contributed by atoms with van der Waals surface area (Å²) in [5.41, 5.74) is 4.95. The average Bonchev–Trinajstić information content (AvgIpc) is 3.20. The van der Waals surface area contributed by atoms with Gasteiger partial charge in [-0.1, -0.05) is 49.4 Å². The van der Waals surface area contributed by atoms with Gasteiger partial charge in [0.2, 0.25) is 0 Å². The molecule has 5 rings (SSSR count). The molecule has 1 saturated heterocycles. The SMILES string of the molecule is CC1CCN(Cc2ccc(NC(=C3C(=O)Nc4ccc([N+](=O)[O-])cc43)c3ccccc3)cc2)CC1. The summed E-state index contributed by atoms with van der Waals surface area (Å²) in [5.74, 6) is 0.518. The van der Waals surface area contributed by atoms with Gasteiger partial charge in [0.25, 0.3) is 11.6 Å². The predicted octanol–water partition coefficient (Wildman–Crippen LogP) is 5.76. The van der Waals surface area contributed by atoms with Gasteiger partial charge in [0.15, 0.2) is 0 Å².